The number of aromatic nitrogens is 3. The summed E-state index contributed by atoms with van der Waals surface area (Å²) in [5.74, 6) is 0. The van der Waals surface area contributed by atoms with Crippen LogP contribution in [0.4, 0.5) is 0 Å². The first-order valence-corrected chi connectivity index (χ1v) is 11.2. The summed E-state index contributed by atoms with van der Waals surface area (Å²) in [7, 11) is -1.56. The van der Waals surface area contributed by atoms with Gasteiger partial charge in [0.05, 0.1) is 10.0 Å². The Labute approximate surface area is 167 Å². The van der Waals surface area contributed by atoms with Crippen molar-refractivity contribution >= 4 is 44.0 Å². The molecule has 0 amide bonds. The van der Waals surface area contributed by atoms with E-state index in [2.05, 4.69) is 21.0 Å². The smallest absolute Gasteiger partial charge is 0.252 e. The molecule has 4 rings (SSSR count). The number of thiophene rings is 1. The Balaban J connectivity index is 1.43. The summed E-state index contributed by atoms with van der Waals surface area (Å²) < 4.78 is 29.5. The van der Waals surface area contributed by atoms with Crippen molar-refractivity contribution in [3.05, 3.63) is 40.0 Å². The fraction of sp³-hybridized carbons (Fsp3) is 0.412. The van der Waals surface area contributed by atoms with Crippen molar-refractivity contribution in [1.82, 2.24) is 24.0 Å². The number of rotatable bonds is 4. The zero-order chi connectivity index (χ0) is 19.2. The van der Waals surface area contributed by atoms with Crippen molar-refractivity contribution in [2.75, 3.05) is 26.2 Å². The van der Waals surface area contributed by atoms with E-state index in [9.17, 15) is 8.42 Å². The first-order chi connectivity index (χ1) is 12.8. The van der Waals surface area contributed by atoms with Gasteiger partial charge in [-0.15, -0.1) is 11.3 Å². The normalized spacial score (nSPS) is 17.0. The minimum atomic E-state index is -3.45. The molecule has 0 spiro atoms. The molecule has 1 aliphatic rings. The molecule has 0 aliphatic carbocycles. The van der Waals surface area contributed by atoms with E-state index in [-0.39, 0.29) is 0 Å². The maximum atomic E-state index is 12.7. The molecule has 27 heavy (non-hydrogen) atoms. The van der Waals surface area contributed by atoms with Crippen molar-refractivity contribution in [3.8, 4) is 0 Å². The lowest BCUT2D eigenvalue weighted by atomic mass is 10.2. The molecule has 10 heteroatoms. The predicted octanol–water partition coefficient (Wildman–Crippen LogP) is 2.50. The second kappa shape index (κ2) is 7.14. The van der Waals surface area contributed by atoms with Crippen LogP contribution in [0.2, 0.25) is 4.34 Å². The lowest BCUT2D eigenvalue weighted by molar-refractivity contribution is 0.181. The van der Waals surface area contributed by atoms with Gasteiger partial charge in [-0.05, 0) is 30.7 Å². The van der Waals surface area contributed by atoms with E-state index in [0.717, 1.165) is 40.2 Å². The van der Waals surface area contributed by atoms with Gasteiger partial charge in [0.25, 0.3) is 10.0 Å². The van der Waals surface area contributed by atoms with E-state index in [1.807, 2.05) is 20.2 Å². The Morgan fingerprint density at radius 3 is 2.63 bits per heavy atom. The standard InChI is InChI=1S/C17H20ClN5O2S2/c1-12-14-9-13(10-19-17(14)21(2)20-12)11-22-5-7-23(8-6-22)27(24,25)16-4-3-15(18)26-16/h3-4,9-10H,5-8,11H2,1-2H3. The van der Waals surface area contributed by atoms with Gasteiger partial charge in [0.15, 0.2) is 5.65 Å². The molecular formula is C17H20ClN5O2S2. The third kappa shape index (κ3) is 3.62. The molecule has 1 fully saturated rings. The Bertz CT molecular complexity index is 1080. The highest BCUT2D eigenvalue weighted by Crippen LogP contribution is 2.28. The van der Waals surface area contributed by atoms with Gasteiger partial charge in [-0.25, -0.2) is 13.4 Å². The van der Waals surface area contributed by atoms with Crippen LogP contribution >= 0.6 is 22.9 Å². The van der Waals surface area contributed by atoms with Crippen LogP contribution in [0.15, 0.2) is 28.6 Å². The lowest BCUT2D eigenvalue weighted by Crippen LogP contribution is -2.48. The number of hydrogen-bond donors (Lipinski definition) is 0. The molecule has 1 saturated heterocycles. The summed E-state index contributed by atoms with van der Waals surface area (Å²) >= 11 is 6.99. The second-order valence-electron chi connectivity index (χ2n) is 6.66. The zero-order valence-corrected chi connectivity index (χ0v) is 17.5. The summed E-state index contributed by atoms with van der Waals surface area (Å²) in [5, 5.41) is 5.47. The number of aryl methyl sites for hydroxylation is 2. The third-order valence-electron chi connectivity index (χ3n) is 4.80. The van der Waals surface area contributed by atoms with Crippen molar-refractivity contribution in [2.24, 2.45) is 7.05 Å². The molecule has 0 saturated carbocycles. The number of sulfonamides is 1. The van der Waals surface area contributed by atoms with Gasteiger partial charge >= 0.3 is 0 Å². The van der Waals surface area contributed by atoms with Crippen LogP contribution in [0.25, 0.3) is 11.0 Å². The summed E-state index contributed by atoms with van der Waals surface area (Å²) in [5.41, 5.74) is 2.95. The highest BCUT2D eigenvalue weighted by molar-refractivity contribution is 7.91. The van der Waals surface area contributed by atoms with Gasteiger partial charge in [-0.3, -0.25) is 9.58 Å². The summed E-state index contributed by atoms with van der Waals surface area (Å²) in [6.45, 7) is 5.04. The van der Waals surface area contributed by atoms with E-state index in [0.29, 0.717) is 34.7 Å². The number of hydrogen-bond acceptors (Lipinski definition) is 6. The van der Waals surface area contributed by atoms with Gasteiger partial charge in [0, 0.05) is 51.4 Å². The van der Waals surface area contributed by atoms with Crippen LogP contribution in [-0.2, 0) is 23.6 Å². The molecule has 1 aliphatic heterocycles. The Morgan fingerprint density at radius 2 is 1.96 bits per heavy atom. The molecule has 0 radical (unpaired) electrons. The molecule has 0 N–H and O–H groups in total. The molecule has 0 bridgehead atoms. The van der Waals surface area contributed by atoms with Crippen LogP contribution in [0.3, 0.4) is 0 Å². The predicted molar refractivity (Wildman–Crippen MR) is 107 cm³/mol. The number of nitrogens with zero attached hydrogens (tertiary/aromatic N) is 5. The second-order valence-corrected chi connectivity index (χ2v) is 10.5. The summed E-state index contributed by atoms with van der Waals surface area (Å²) in [6.07, 6.45) is 1.88. The van der Waals surface area contributed by atoms with Crippen LogP contribution in [0.5, 0.6) is 0 Å². The van der Waals surface area contributed by atoms with Gasteiger partial charge in [-0.2, -0.15) is 9.40 Å². The lowest BCUT2D eigenvalue weighted by Gasteiger charge is -2.33. The summed E-state index contributed by atoms with van der Waals surface area (Å²) in [6, 6.07) is 5.33. The average molecular weight is 426 g/mol. The van der Waals surface area contributed by atoms with Gasteiger partial charge in [0.1, 0.15) is 4.21 Å². The maximum absolute atomic E-state index is 12.7. The molecule has 0 atom stereocenters. The molecular weight excluding hydrogens is 406 g/mol. The van der Waals surface area contributed by atoms with E-state index < -0.39 is 10.0 Å². The third-order valence-corrected chi connectivity index (χ3v) is 8.40. The van der Waals surface area contributed by atoms with Crippen LogP contribution in [0.1, 0.15) is 11.3 Å². The van der Waals surface area contributed by atoms with Gasteiger partial charge < -0.3 is 0 Å². The van der Waals surface area contributed by atoms with Crippen LogP contribution < -0.4 is 0 Å². The maximum Gasteiger partial charge on any atom is 0.252 e. The monoisotopic (exact) mass is 425 g/mol. The number of fused-ring (bicyclic) bond motifs is 1. The van der Waals surface area contributed by atoms with Crippen molar-refractivity contribution < 1.29 is 8.42 Å². The highest BCUT2D eigenvalue weighted by Gasteiger charge is 2.29. The van der Waals surface area contributed by atoms with E-state index in [1.165, 1.54) is 0 Å². The van der Waals surface area contributed by atoms with Crippen molar-refractivity contribution in [2.45, 2.75) is 17.7 Å². The first-order valence-electron chi connectivity index (χ1n) is 8.60. The van der Waals surface area contributed by atoms with E-state index in [1.54, 1.807) is 21.1 Å². The van der Waals surface area contributed by atoms with Gasteiger partial charge in [-0.1, -0.05) is 11.6 Å². The number of piperazine rings is 1. The van der Waals surface area contributed by atoms with Crippen molar-refractivity contribution in [1.29, 1.82) is 0 Å². The Kier molecular flexibility index (Phi) is 4.98. The van der Waals surface area contributed by atoms with Crippen LogP contribution in [0, 0.1) is 6.92 Å². The van der Waals surface area contributed by atoms with Crippen LogP contribution in [-0.4, -0.2) is 58.6 Å². The topological polar surface area (TPSA) is 71.3 Å². The van der Waals surface area contributed by atoms with E-state index in [4.69, 9.17) is 11.6 Å². The molecule has 7 nitrogen and oxygen atoms in total. The Hall–Kier alpha value is -1.52. The number of halogens is 1. The fourth-order valence-electron chi connectivity index (χ4n) is 3.39. The quantitative estimate of drug-likeness (QED) is 0.642. The average Bonchev–Trinajstić information content (AvgIpc) is 3.20. The SMILES string of the molecule is Cc1nn(C)c2ncc(CN3CCN(S(=O)(=O)c4ccc(Cl)s4)CC3)cc12. The van der Waals surface area contributed by atoms with Crippen molar-refractivity contribution in [3.63, 3.8) is 0 Å². The minimum absolute atomic E-state index is 0.308. The Morgan fingerprint density at radius 1 is 1.22 bits per heavy atom. The largest absolute Gasteiger partial charge is 0.296 e. The highest BCUT2D eigenvalue weighted by atomic mass is 35.5. The fourth-order valence-corrected chi connectivity index (χ4v) is 6.45. The zero-order valence-electron chi connectivity index (χ0n) is 15.1. The number of pyridine rings is 1. The molecule has 3 aromatic rings. The molecule has 0 unspecified atom stereocenters. The van der Waals surface area contributed by atoms with Gasteiger partial charge in [0.2, 0.25) is 0 Å². The minimum Gasteiger partial charge on any atom is -0.296 e. The summed E-state index contributed by atoms with van der Waals surface area (Å²) in [4.78, 5) is 6.77. The van der Waals surface area contributed by atoms with E-state index >= 15 is 0 Å². The first kappa shape index (κ1) is 18.8. The molecule has 3 aromatic heterocycles. The molecule has 4 heterocycles. The molecule has 0 aromatic carbocycles. The molecule has 144 valence electrons.